The Morgan fingerprint density at radius 3 is 2.52 bits per heavy atom. The van der Waals surface area contributed by atoms with E-state index in [2.05, 4.69) is 15.4 Å². The number of aliphatic hydroxyl groups excluding tert-OH is 1. The molecule has 14 heteroatoms. The molecule has 14 nitrogen and oxygen atoms in total. The summed E-state index contributed by atoms with van der Waals surface area (Å²) in [5.41, 5.74) is 2.68. The van der Waals surface area contributed by atoms with Crippen molar-refractivity contribution in [3.05, 3.63) is 24.2 Å². The van der Waals surface area contributed by atoms with Crippen molar-refractivity contribution in [2.45, 2.75) is 109 Å². The molecule has 1 saturated heterocycles. The van der Waals surface area contributed by atoms with Crippen LogP contribution in [0.2, 0.25) is 0 Å². The molecule has 2 aromatic rings. The Hall–Kier alpha value is -3.96. The molecule has 1 amide bonds. The molecule has 0 aromatic carbocycles. The molecule has 1 saturated carbocycles. The lowest BCUT2D eigenvalue weighted by molar-refractivity contribution is -0.164. The van der Waals surface area contributed by atoms with Crippen LogP contribution in [0, 0.1) is 22.7 Å². The number of aromatic nitrogens is 3. The molecule has 4 N–H and O–H groups in total. The number of anilines is 1. The summed E-state index contributed by atoms with van der Waals surface area (Å²) in [5.74, 6) is -0.998. The zero-order chi connectivity index (χ0) is 32.4. The van der Waals surface area contributed by atoms with E-state index in [4.69, 9.17) is 24.7 Å². The summed E-state index contributed by atoms with van der Waals surface area (Å²) in [5, 5.41) is 28.8. The van der Waals surface area contributed by atoms with Gasteiger partial charge in [-0.3, -0.25) is 4.79 Å². The summed E-state index contributed by atoms with van der Waals surface area (Å²) < 4.78 is 24.2. The first kappa shape index (κ1) is 32.9. The quantitative estimate of drug-likeness (QED) is 0.290. The van der Waals surface area contributed by atoms with Crippen LogP contribution < -0.4 is 11.1 Å². The predicted octanol–water partition coefficient (Wildman–Crippen LogP) is 2.76. The number of hydrogen-bond acceptors (Lipinski definition) is 12. The van der Waals surface area contributed by atoms with E-state index in [1.54, 1.807) is 47.6 Å². The molecular weight excluding hydrogens is 572 g/mol. The Balaban J connectivity index is 1.64. The van der Waals surface area contributed by atoms with Crippen LogP contribution in [0.1, 0.15) is 79.3 Å². The van der Waals surface area contributed by atoms with E-state index in [0.29, 0.717) is 5.52 Å². The van der Waals surface area contributed by atoms with Crippen LogP contribution in [0.15, 0.2) is 18.5 Å². The molecule has 240 valence electrons. The minimum Gasteiger partial charge on any atom is -0.463 e. The summed E-state index contributed by atoms with van der Waals surface area (Å²) in [4.78, 5) is 42.9. The van der Waals surface area contributed by atoms with Gasteiger partial charge in [-0.2, -0.15) is 10.4 Å². The first-order valence-corrected chi connectivity index (χ1v) is 14.8. The Kier molecular flexibility index (Phi) is 9.41. The number of carbonyl (C=O) groups excluding carboxylic acids is 3. The first-order chi connectivity index (χ1) is 20.6. The Morgan fingerprint density at radius 2 is 1.91 bits per heavy atom. The van der Waals surface area contributed by atoms with Gasteiger partial charge in [0.15, 0.2) is 11.9 Å². The smallest absolute Gasteiger partial charge is 0.408 e. The second kappa shape index (κ2) is 12.6. The fourth-order valence-corrected chi connectivity index (χ4v) is 5.62. The molecule has 2 aliphatic rings. The number of fused-ring (bicyclic) bond motifs is 1. The number of carbonyl (C=O) groups is 3. The van der Waals surface area contributed by atoms with E-state index in [0.717, 1.165) is 25.7 Å². The minimum absolute atomic E-state index is 0.108. The average Bonchev–Trinajstić information content (AvgIpc) is 3.65. The molecule has 5 atom stereocenters. The van der Waals surface area contributed by atoms with Gasteiger partial charge in [-0.15, -0.1) is 0 Å². The number of esters is 2. The highest BCUT2D eigenvalue weighted by molar-refractivity contribution is 5.82. The summed E-state index contributed by atoms with van der Waals surface area (Å²) >= 11 is 0. The van der Waals surface area contributed by atoms with E-state index < -0.39 is 65.6 Å². The lowest BCUT2D eigenvalue weighted by atomic mass is 9.86. The van der Waals surface area contributed by atoms with E-state index >= 15 is 0 Å². The van der Waals surface area contributed by atoms with Crippen LogP contribution in [-0.4, -0.2) is 74.3 Å². The average molecular weight is 615 g/mol. The van der Waals surface area contributed by atoms with Crippen LogP contribution >= 0.6 is 0 Å². The number of nitrogens with two attached hydrogens (primary N) is 1. The zero-order valence-electron chi connectivity index (χ0n) is 26.0. The highest BCUT2D eigenvalue weighted by Crippen LogP contribution is 2.42. The Labute approximate surface area is 256 Å². The van der Waals surface area contributed by atoms with Crippen molar-refractivity contribution in [1.82, 2.24) is 19.9 Å². The van der Waals surface area contributed by atoms with Crippen molar-refractivity contribution in [1.29, 1.82) is 5.26 Å². The number of hydrogen-bond donors (Lipinski definition) is 3. The first-order valence-electron chi connectivity index (χ1n) is 14.8. The predicted molar refractivity (Wildman–Crippen MR) is 156 cm³/mol. The molecule has 1 aliphatic heterocycles. The van der Waals surface area contributed by atoms with Gasteiger partial charge in [0.2, 0.25) is 5.60 Å². The summed E-state index contributed by atoms with van der Waals surface area (Å²) in [6.45, 7) is 9.82. The highest BCUT2D eigenvalue weighted by Gasteiger charge is 2.60. The molecule has 4 rings (SSSR count). The second-order valence-electron chi connectivity index (χ2n) is 13.5. The van der Waals surface area contributed by atoms with Crippen molar-refractivity contribution in [2.75, 3.05) is 12.3 Å². The molecule has 2 fully saturated rings. The Morgan fingerprint density at radius 1 is 1.23 bits per heavy atom. The van der Waals surface area contributed by atoms with Crippen molar-refractivity contribution in [3.63, 3.8) is 0 Å². The molecule has 0 spiro atoms. The summed E-state index contributed by atoms with van der Waals surface area (Å²) in [6.07, 6.45) is 0.110. The highest BCUT2D eigenvalue weighted by atomic mass is 16.6. The third kappa shape index (κ3) is 7.05. The third-order valence-electron chi connectivity index (χ3n) is 7.81. The fraction of sp³-hybridized carbons (Fsp3) is 0.667. The lowest BCUT2D eigenvalue weighted by Crippen LogP contribution is -2.53. The summed E-state index contributed by atoms with van der Waals surface area (Å²) in [6, 6.07) is 3.88. The normalized spacial score (nSPS) is 24.9. The standard InChI is InChI=1S/C30H42N6O8/c1-28(2,3)23(35-27(40)44-29(4,5)6)26(39)42-22-19(14-41-21(37)13-17-9-7-8-10-17)43-30(15-31,24(22)38)20-12-11-18-25(32)33-16-34-36(18)20/h11-12,16-17,19,22-24,38H,7-10,13-14H2,1-6H3,(H,35,40)(H2,32,33,34)/t19-,22-,23+,24-,30+/m1/s1. The molecule has 2 aromatic heterocycles. The second-order valence-corrected chi connectivity index (χ2v) is 13.5. The minimum atomic E-state index is -2.10. The van der Waals surface area contributed by atoms with Gasteiger partial charge in [-0.05, 0) is 57.1 Å². The SMILES string of the molecule is CC(C)(C)OC(=O)N[C@@H](C(=O)O[C@H]1[C@@H](O)[C@](C#N)(c2ccc3c(N)ncnn23)O[C@@H]1COC(=O)CC1CCCC1)C(C)(C)C. The van der Waals surface area contributed by atoms with Gasteiger partial charge >= 0.3 is 18.0 Å². The van der Waals surface area contributed by atoms with Gasteiger partial charge < -0.3 is 35.1 Å². The molecule has 44 heavy (non-hydrogen) atoms. The maximum absolute atomic E-state index is 13.7. The van der Waals surface area contributed by atoms with Crippen molar-refractivity contribution >= 4 is 29.4 Å². The van der Waals surface area contributed by atoms with Crippen LogP contribution in [0.3, 0.4) is 0 Å². The molecule has 1 aliphatic carbocycles. The van der Waals surface area contributed by atoms with Crippen molar-refractivity contribution in [2.24, 2.45) is 11.3 Å². The van der Waals surface area contributed by atoms with Crippen LogP contribution in [0.4, 0.5) is 10.6 Å². The van der Waals surface area contributed by atoms with Crippen LogP contribution in [0.25, 0.3) is 5.52 Å². The lowest BCUT2D eigenvalue weighted by Gasteiger charge is -2.32. The number of rotatable bonds is 8. The largest absolute Gasteiger partial charge is 0.463 e. The van der Waals surface area contributed by atoms with Crippen molar-refractivity contribution in [3.8, 4) is 6.07 Å². The molecule has 0 bridgehead atoms. The number of nitrogen functional groups attached to an aromatic ring is 1. The molecule has 0 radical (unpaired) electrons. The Bertz CT molecular complexity index is 1420. The number of ether oxygens (including phenoxy) is 4. The van der Waals surface area contributed by atoms with Crippen LogP contribution in [0.5, 0.6) is 0 Å². The van der Waals surface area contributed by atoms with Gasteiger partial charge in [0.25, 0.3) is 0 Å². The van der Waals surface area contributed by atoms with E-state index in [1.807, 2.05) is 6.07 Å². The third-order valence-corrected chi connectivity index (χ3v) is 7.81. The van der Waals surface area contributed by atoms with E-state index in [-0.39, 0.29) is 23.9 Å². The molecular formula is C30H42N6O8. The number of nitrogens with zero attached hydrogens (tertiary/aromatic N) is 4. The number of aliphatic hydroxyl groups is 1. The van der Waals surface area contributed by atoms with Gasteiger partial charge in [-0.25, -0.2) is 19.1 Å². The number of alkyl carbamates (subject to hydrolysis) is 1. The van der Waals surface area contributed by atoms with Gasteiger partial charge in [-0.1, -0.05) is 33.6 Å². The maximum atomic E-state index is 13.7. The van der Waals surface area contributed by atoms with Crippen LogP contribution in [-0.2, 0) is 34.1 Å². The van der Waals surface area contributed by atoms with E-state index in [1.165, 1.54) is 16.9 Å². The van der Waals surface area contributed by atoms with Crippen molar-refractivity contribution < 1.29 is 38.4 Å². The number of nitrogens with one attached hydrogen (secondary N) is 1. The maximum Gasteiger partial charge on any atom is 0.408 e. The zero-order valence-corrected chi connectivity index (χ0v) is 26.0. The summed E-state index contributed by atoms with van der Waals surface area (Å²) in [7, 11) is 0. The molecule has 3 heterocycles. The van der Waals surface area contributed by atoms with E-state index in [9.17, 15) is 24.8 Å². The topological polar surface area (TPSA) is 200 Å². The monoisotopic (exact) mass is 614 g/mol. The fourth-order valence-electron chi connectivity index (χ4n) is 5.62. The number of amides is 1. The van der Waals surface area contributed by atoms with Gasteiger partial charge in [0.1, 0.15) is 48.4 Å². The molecule has 0 unspecified atom stereocenters. The number of nitriles is 1. The van der Waals surface area contributed by atoms with Gasteiger partial charge in [0, 0.05) is 6.42 Å². The van der Waals surface area contributed by atoms with Gasteiger partial charge in [0.05, 0.1) is 5.69 Å².